The van der Waals surface area contributed by atoms with E-state index >= 15 is 0 Å². The van der Waals surface area contributed by atoms with Crippen molar-refractivity contribution in [1.29, 1.82) is 0 Å². The lowest BCUT2D eigenvalue weighted by atomic mass is 10.2. The summed E-state index contributed by atoms with van der Waals surface area (Å²) >= 11 is 7.38. The molecule has 1 aliphatic rings. The van der Waals surface area contributed by atoms with Gasteiger partial charge >= 0.3 is 5.97 Å². The molecule has 1 heterocycles. The Kier molecular flexibility index (Phi) is 5.72. The molecule has 0 aliphatic carbocycles. The second-order valence-corrected chi connectivity index (χ2v) is 6.31. The summed E-state index contributed by atoms with van der Waals surface area (Å²) in [6, 6.07) is 3.03. The number of methoxy groups -OCH3 is 1. The van der Waals surface area contributed by atoms with Gasteiger partial charge in [0.2, 0.25) is 0 Å². The molecule has 0 bridgehead atoms. The van der Waals surface area contributed by atoms with Crippen LogP contribution in [0.4, 0.5) is 10.1 Å². The SMILES string of the molecule is COC(=O)CSc1cc(F)c(N2CCN(C)CC2)cc1Cl. The number of hydrogen-bond acceptors (Lipinski definition) is 5. The number of hydrogen-bond donors (Lipinski definition) is 0. The minimum Gasteiger partial charge on any atom is -0.468 e. The molecule has 7 heteroatoms. The van der Waals surface area contributed by atoms with Crippen molar-refractivity contribution in [1.82, 2.24) is 4.90 Å². The van der Waals surface area contributed by atoms with Gasteiger partial charge < -0.3 is 14.5 Å². The predicted octanol–water partition coefficient (Wildman–Crippen LogP) is 2.50. The van der Waals surface area contributed by atoms with E-state index in [1.165, 1.54) is 24.9 Å². The molecule has 21 heavy (non-hydrogen) atoms. The predicted molar refractivity (Wildman–Crippen MR) is 83.9 cm³/mol. The molecule has 1 aromatic carbocycles. The largest absolute Gasteiger partial charge is 0.468 e. The Labute approximate surface area is 133 Å². The van der Waals surface area contributed by atoms with Crippen LogP contribution in [-0.4, -0.2) is 57.0 Å². The molecule has 1 saturated heterocycles. The van der Waals surface area contributed by atoms with Crippen molar-refractivity contribution in [2.45, 2.75) is 4.90 Å². The summed E-state index contributed by atoms with van der Waals surface area (Å²) in [6.07, 6.45) is 0. The summed E-state index contributed by atoms with van der Waals surface area (Å²) in [7, 11) is 3.37. The van der Waals surface area contributed by atoms with E-state index < -0.39 is 0 Å². The second kappa shape index (κ2) is 7.33. The average Bonchev–Trinajstić information content (AvgIpc) is 2.48. The van der Waals surface area contributed by atoms with Crippen LogP contribution in [0.2, 0.25) is 5.02 Å². The molecule has 1 aromatic rings. The molecule has 0 spiro atoms. The number of anilines is 1. The van der Waals surface area contributed by atoms with Crippen LogP contribution in [0.1, 0.15) is 0 Å². The van der Waals surface area contributed by atoms with Gasteiger partial charge in [-0.15, -0.1) is 11.8 Å². The van der Waals surface area contributed by atoms with Gasteiger partial charge in [0, 0.05) is 31.1 Å². The normalized spacial score (nSPS) is 16.1. The molecule has 4 nitrogen and oxygen atoms in total. The molecular weight excluding hydrogens is 315 g/mol. The maximum atomic E-state index is 14.3. The van der Waals surface area contributed by atoms with Crippen molar-refractivity contribution in [2.24, 2.45) is 0 Å². The van der Waals surface area contributed by atoms with Crippen LogP contribution in [0.3, 0.4) is 0 Å². The van der Waals surface area contributed by atoms with Crippen LogP contribution >= 0.6 is 23.4 Å². The lowest BCUT2D eigenvalue weighted by Crippen LogP contribution is -2.44. The van der Waals surface area contributed by atoms with Gasteiger partial charge in [-0.3, -0.25) is 4.79 Å². The molecule has 0 radical (unpaired) electrons. The lowest BCUT2D eigenvalue weighted by molar-refractivity contribution is -0.137. The molecular formula is C14H18ClFN2O2S. The highest BCUT2D eigenvalue weighted by Gasteiger charge is 2.19. The van der Waals surface area contributed by atoms with Crippen LogP contribution in [0.5, 0.6) is 0 Å². The lowest BCUT2D eigenvalue weighted by Gasteiger charge is -2.34. The highest BCUT2D eigenvalue weighted by Crippen LogP contribution is 2.33. The first kappa shape index (κ1) is 16.4. The van der Waals surface area contributed by atoms with Gasteiger partial charge in [0.1, 0.15) is 5.82 Å². The van der Waals surface area contributed by atoms with E-state index in [4.69, 9.17) is 11.6 Å². The van der Waals surface area contributed by atoms with E-state index in [2.05, 4.69) is 9.64 Å². The summed E-state index contributed by atoms with van der Waals surface area (Å²) in [4.78, 5) is 15.9. The average molecular weight is 333 g/mol. The van der Waals surface area contributed by atoms with E-state index in [-0.39, 0.29) is 17.5 Å². The monoisotopic (exact) mass is 332 g/mol. The van der Waals surface area contributed by atoms with Crippen molar-refractivity contribution < 1.29 is 13.9 Å². The van der Waals surface area contributed by atoms with Crippen molar-refractivity contribution in [3.63, 3.8) is 0 Å². The van der Waals surface area contributed by atoms with Gasteiger partial charge in [-0.2, -0.15) is 0 Å². The van der Waals surface area contributed by atoms with Crippen molar-refractivity contribution in [3.8, 4) is 0 Å². The quantitative estimate of drug-likeness (QED) is 0.625. The zero-order valence-electron chi connectivity index (χ0n) is 12.1. The molecule has 0 atom stereocenters. The molecule has 0 saturated carbocycles. The van der Waals surface area contributed by atoms with Crippen molar-refractivity contribution >= 4 is 35.0 Å². The Bertz CT molecular complexity index is 522. The van der Waals surface area contributed by atoms with E-state index in [0.717, 1.165) is 26.2 Å². The Hall–Kier alpha value is -0.980. The van der Waals surface area contributed by atoms with Crippen LogP contribution in [0, 0.1) is 5.82 Å². The van der Waals surface area contributed by atoms with Gasteiger partial charge in [-0.1, -0.05) is 11.6 Å². The minimum atomic E-state index is -0.361. The molecule has 0 aromatic heterocycles. The van der Waals surface area contributed by atoms with Gasteiger partial charge in [0.05, 0.1) is 23.6 Å². The Balaban J connectivity index is 2.11. The third kappa shape index (κ3) is 4.25. The maximum Gasteiger partial charge on any atom is 0.315 e. The highest BCUT2D eigenvalue weighted by atomic mass is 35.5. The number of carbonyl (C=O) groups is 1. The molecule has 0 amide bonds. The van der Waals surface area contributed by atoms with E-state index in [1.54, 1.807) is 6.07 Å². The number of likely N-dealkylation sites (N-methyl/N-ethyl adjacent to an activating group) is 1. The Morgan fingerprint density at radius 1 is 1.38 bits per heavy atom. The van der Waals surface area contributed by atoms with Crippen molar-refractivity contribution in [3.05, 3.63) is 23.0 Å². The second-order valence-electron chi connectivity index (χ2n) is 4.89. The number of carbonyl (C=O) groups excluding carboxylic acids is 1. The molecule has 1 aliphatic heterocycles. The fraction of sp³-hybridized carbons (Fsp3) is 0.500. The number of halogens is 2. The fourth-order valence-electron chi connectivity index (χ4n) is 2.11. The molecule has 2 rings (SSSR count). The first-order valence-electron chi connectivity index (χ1n) is 6.63. The van der Waals surface area contributed by atoms with Crippen LogP contribution < -0.4 is 4.90 Å². The smallest absolute Gasteiger partial charge is 0.315 e. The molecule has 116 valence electrons. The highest BCUT2D eigenvalue weighted by molar-refractivity contribution is 8.00. The first-order valence-corrected chi connectivity index (χ1v) is 7.99. The van der Waals surface area contributed by atoms with Crippen LogP contribution in [0.25, 0.3) is 0 Å². The van der Waals surface area contributed by atoms with Gasteiger partial charge in [-0.05, 0) is 19.2 Å². The van der Waals surface area contributed by atoms with E-state index in [9.17, 15) is 9.18 Å². The van der Waals surface area contributed by atoms with Crippen molar-refractivity contribution in [2.75, 3.05) is 51.0 Å². The Morgan fingerprint density at radius 2 is 2.05 bits per heavy atom. The van der Waals surface area contributed by atoms with Gasteiger partial charge in [0.25, 0.3) is 0 Å². The molecule has 0 unspecified atom stereocenters. The number of esters is 1. The third-order valence-electron chi connectivity index (χ3n) is 3.42. The summed E-state index contributed by atoms with van der Waals surface area (Å²) in [5, 5.41) is 0.458. The fourth-order valence-corrected chi connectivity index (χ4v) is 3.21. The minimum absolute atomic E-state index is 0.115. The number of rotatable bonds is 4. The van der Waals surface area contributed by atoms with Crippen LogP contribution in [-0.2, 0) is 9.53 Å². The zero-order valence-corrected chi connectivity index (χ0v) is 13.6. The summed E-state index contributed by atoms with van der Waals surface area (Å²) in [6.45, 7) is 3.35. The zero-order chi connectivity index (χ0) is 15.4. The third-order valence-corrected chi connectivity index (χ3v) is 4.87. The summed E-state index contributed by atoms with van der Waals surface area (Å²) in [5.41, 5.74) is 0.524. The Morgan fingerprint density at radius 3 is 2.67 bits per heavy atom. The first-order chi connectivity index (χ1) is 10.0. The van der Waals surface area contributed by atoms with Crippen LogP contribution in [0.15, 0.2) is 17.0 Å². The maximum absolute atomic E-state index is 14.3. The van der Waals surface area contributed by atoms with E-state index in [0.29, 0.717) is 15.6 Å². The van der Waals surface area contributed by atoms with Gasteiger partial charge in [-0.25, -0.2) is 4.39 Å². The number of thioether (sulfide) groups is 1. The standard InChI is InChI=1S/C14H18ClFN2O2S/c1-17-3-5-18(6-4-17)12-7-10(15)13(8-11(12)16)21-9-14(19)20-2/h7-8H,3-6,9H2,1-2H3. The topological polar surface area (TPSA) is 32.8 Å². The summed E-state index contributed by atoms with van der Waals surface area (Å²) < 4.78 is 18.8. The van der Waals surface area contributed by atoms with Gasteiger partial charge in [0.15, 0.2) is 0 Å². The number of ether oxygens (including phenoxy) is 1. The summed E-state index contributed by atoms with van der Waals surface area (Å²) in [5.74, 6) is -0.556. The molecule has 0 N–H and O–H groups in total. The number of nitrogens with zero attached hydrogens (tertiary/aromatic N) is 2. The molecule has 1 fully saturated rings. The number of benzene rings is 1. The van der Waals surface area contributed by atoms with E-state index in [1.807, 2.05) is 11.9 Å². The number of piperazine rings is 1.